The van der Waals surface area contributed by atoms with Crippen molar-refractivity contribution in [1.29, 1.82) is 0 Å². The SMILES string of the molecule is CCC(C)Oc1cccc(N)c1C(N)NS(=O)O. The summed E-state index contributed by atoms with van der Waals surface area (Å²) in [5.41, 5.74) is 12.5. The van der Waals surface area contributed by atoms with Crippen molar-refractivity contribution in [2.45, 2.75) is 32.5 Å². The number of nitrogens with one attached hydrogen (secondary N) is 1. The van der Waals surface area contributed by atoms with Crippen LogP contribution in [0.1, 0.15) is 32.0 Å². The Bertz CT molecular complexity index is 428. The monoisotopic (exact) mass is 273 g/mol. The number of hydrogen-bond acceptors (Lipinski definition) is 4. The van der Waals surface area contributed by atoms with Gasteiger partial charge in [-0.1, -0.05) is 13.0 Å². The molecule has 1 aromatic rings. The third-order valence-electron chi connectivity index (χ3n) is 2.54. The first-order valence-electron chi connectivity index (χ1n) is 5.63. The molecule has 1 rings (SSSR count). The second kappa shape index (κ2) is 6.69. The van der Waals surface area contributed by atoms with Crippen LogP contribution in [-0.4, -0.2) is 14.9 Å². The van der Waals surface area contributed by atoms with Crippen LogP contribution in [0.3, 0.4) is 0 Å². The van der Waals surface area contributed by atoms with E-state index in [1.54, 1.807) is 18.2 Å². The Morgan fingerprint density at radius 2 is 2.22 bits per heavy atom. The molecule has 3 atom stereocenters. The van der Waals surface area contributed by atoms with Crippen LogP contribution in [0.5, 0.6) is 5.75 Å². The van der Waals surface area contributed by atoms with Gasteiger partial charge in [0.05, 0.1) is 6.10 Å². The van der Waals surface area contributed by atoms with Gasteiger partial charge in [-0.2, -0.15) is 4.72 Å². The molecule has 102 valence electrons. The fraction of sp³-hybridized carbons (Fsp3) is 0.455. The van der Waals surface area contributed by atoms with E-state index in [0.29, 0.717) is 17.0 Å². The average molecular weight is 273 g/mol. The van der Waals surface area contributed by atoms with E-state index in [0.717, 1.165) is 6.42 Å². The van der Waals surface area contributed by atoms with Crippen molar-refractivity contribution in [2.75, 3.05) is 5.73 Å². The number of nitrogens with two attached hydrogens (primary N) is 2. The molecule has 0 aliphatic heterocycles. The summed E-state index contributed by atoms with van der Waals surface area (Å²) < 4.78 is 27.5. The van der Waals surface area contributed by atoms with Gasteiger partial charge >= 0.3 is 0 Å². The first-order valence-corrected chi connectivity index (χ1v) is 6.74. The molecule has 0 radical (unpaired) electrons. The van der Waals surface area contributed by atoms with Crippen LogP contribution >= 0.6 is 0 Å². The molecule has 0 bridgehead atoms. The third-order valence-corrected chi connectivity index (χ3v) is 3.00. The molecule has 0 saturated carbocycles. The molecule has 0 aliphatic carbocycles. The van der Waals surface area contributed by atoms with E-state index >= 15 is 0 Å². The summed E-state index contributed by atoms with van der Waals surface area (Å²) in [5, 5.41) is 0. The van der Waals surface area contributed by atoms with Crippen molar-refractivity contribution < 1.29 is 13.5 Å². The lowest BCUT2D eigenvalue weighted by atomic mass is 10.1. The lowest BCUT2D eigenvalue weighted by Gasteiger charge is -2.21. The minimum atomic E-state index is -2.21. The largest absolute Gasteiger partial charge is 0.490 e. The van der Waals surface area contributed by atoms with Gasteiger partial charge in [0.25, 0.3) is 0 Å². The minimum absolute atomic E-state index is 0.0115. The molecule has 0 saturated heterocycles. The number of ether oxygens (including phenoxy) is 1. The van der Waals surface area contributed by atoms with Crippen molar-refractivity contribution >= 4 is 17.0 Å². The van der Waals surface area contributed by atoms with Crippen LogP contribution in [0.15, 0.2) is 18.2 Å². The van der Waals surface area contributed by atoms with Crippen LogP contribution in [0, 0.1) is 0 Å². The van der Waals surface area contributed by atoms with Crippen LogP contribution in [0.4, 0.5) is 5.69 Å². The van der Waals surface area contributed by atoms with Gasteiger partial charge in [0.1, 0.15) is 11.9 Å². The quantitative estimate of drug-likeness (QED) is 0.353. The summed E-state index contributed by atoms with van der Waals surface area (Å²) in [6, 6.07) is 5.15. The topological polar surface area (TPSA) is 111 Å². The maximum Gasteiger partial charge on any atom is 0.233 e. The first kappa shape index (κ1) is 14.9. The fourth-order valence-electron chi connectivity index (χ4n) is 1.46. The summed E-state index contributed by atoms with van der Waals surface area (Å²) in [7, 11) is 0. The predicted octanol–water partition coefficient (Wildman–Crippen LogP) is 1.13. The van der Waals surface area contributed by atoms with Crippen LogP contribution in [-0.2, 0) is 11.3 Å². The zero-order valence-electron chi connectivity index (χ0n) is 10.4. The van der Waals surface area contributed by atoms with Gasteiger partial charge < -0.3 is 16.2 Å². The summed E-state index contributed by atoms with van der Waals surface area (Å²) >= 11 is -2.21. The van der Waals surface area contributed by atoms with Gasteiger partial charge in [-0.25, -0.2) is 4.21 Å². The van der Waals surface area contributed by atoms with Gasteiger partial charge in [0, 0.05) is 11.3 Å². The van der Waals surface area contributed by atoms with Gasteiger partial charge in [-0.05, 0) is 25.5 Å². The summed E-state index contributed by atoms with van der Waals surface area (Å²) in [6.45, 7) is 3.92. The normalized spacial score (nSPS) is 16.0. The Labute approximate surface area is 109 Å². The standard InChI is InChI=1S/C11H19N3O3S/c1-3-7(2)17-9-6-4-5-8(12)10(9)11(13)14-18(15)16/h4-7,11,14H,3,12-13H2,1-2H3,(H,15,16). The van der Waals surface area contributed by atoms with Gasteiger partial charge in [0.2, 0.25) is 11.3 Å². The van der Waals surface area contributed by atoms with E-state index < -0.39 is 17.4 Å². The highest BCUT2D eigenvalue weighted by atomic mass is 32.2. The Morgan fingerprint density at radius 3 is 2.78 bits per heavy atom. The number of anilines is 1. The Hall–Kier alpha value is -1.15. The van der Waals surface area contributed by atoms with E-state index in [1.807, 2.05) is 13.8 Å². The van der Waals surface area contributed by atoms with Crippen LogP contribution in [0.2, 0.25) is 0 Å². The molecule has 7 heteroatoms. The molecule has 0 spiro atoms. The molecule has 18 heavy (non-hydrogen) atoms. The number of benzene rings is 1. The lowest BCUT2D eigenvalue weighted by molar-refractivity contribution is 0.214. The summed E-state index contributed by atoms with van der Waals surface area (Å²) in [4.78, 5) is 0. The minimum Gasteiger partial charge on any atom is -0.490 e. The lowest BCUT2D eigenvalue weighted by Crippen LogP contribution is -2.31. The van der Waals surface area contributed by atoms with Crippen molar-refractivity contribution in [2.24, 2.45) is 5.73 Å². The van der Waals surface area contributed by atoms with Crippen molar-refractivity contribution in [3.63, 3.8) is 0 Å². The third kappa shape index (κ3) is 3.95. The number of rotatable bonds is 6. The van der Waals surface area contributed by atoms with E-state index in [2.05, 4.69) is 4.72 Å². The molecule has 0 aliphatic rings. The molecule has 0 fully saturated rings. The summed E-state index contributed by atoms with van der Waals surface area (Å²) in [5.74, 6) is 0.523. The van der Waals surface area contributed by atoms with Crippen molar-refractivity contribution in [3.8, 4) is 5.75 Å². The molecule has 1 aromatic carbocycles. The van der Waals surface area contributed by atoms with E-state index in [4.69, 9.17) is 20.8 Å². The maximum absolute atomic E-state index is 10.7. The second-order valence-electron chi connectivity index (χ2n) is 3.94. The zero-order chi connectivity index (χ0) is 13.7. The molecule has 6 nitrogen and oxygen atoms in total. The highest BCUT2D eigenvalue weighted by Gasteiger charge is 2.18. The molecule has 6 N–H and O–H groups in total. The highest BCUT2D eigenvalue weighted by molar-refractivity contribution is 7.77. The Balaban J connectivity index is 3.03. The average Bonchev–Trinajstić information content (AvgIpc) is 2.27. The molecule has 0 aromatic heterocycles. The van der Waals surface area contributed by atoms with Crippen molar-refractivity contribution in [1.82, 2.24) is 4.72 Å². The van der Waals surface area contributed by atoms with E-state index in [9.17, 15) is 4.21 Å². The first-order chi connectivity index (χ1) is 8.45. The van der Waals surface area contributed by atoms with Gasteiger partial charge in [0.15, 0.2) is 0 Å². The highest BCUT2D eigenvalue weighted by Crippen LogP contribution is 2.29. The molecular weight excluding hydrogens is 254 g/mol. The van der Waals surface area contributed by atoms with E-state index in [-0.39, 0.29) is 6.10 Å². The molecular formula is C11H19N3O3S. The fourth-order valence-corrected chi connectivity index (χ4v) is 1.80. The molecule has 0 heterocycles. The summed E-state index contributed by atoms with van der Waals surface area (Å²) in [6.07, 6.45) is -0.0171. The smallest absolute Gasteiger partial charge is 0.233 e. The van der Waals surface area contributed by atoms with Gasteiger partial charge in [-0.3, -0.25) is 4.55 Å². The van der Waals surface area contributed by atoms with Crippen LogP contribution < -0.4 is 20.9 Å². The number of hydrogen-bond donors (Lipinski definition) is 4. The second-order valence-corrected chi connectivity index (χ2v) is 4.67. The Kier molecular flexibility index (Phi) is 5.54. The molecule has 0 amide bonds. The predicted molar refractivity (Wildman–Crippen MR) is 72.1 cm³/mol. The van der Waals surface area contributed by atoms with Crippen molar-refractivity contribution in [3.05, 3.63) is 23.8 Å². The zero-order valence-corrected chi connectivity index (χ0v) is 11.2. The Morgan fingerprint density at radius 1 is 1.56 bits per heavy atom. The number of nitrogen functional groups attached to an aromatic ring is 1. The van der Waals surface area contributed by atoms with Crippen LogP contribution in [0.25, 0.3) is 0 Å². The van der Waals surface area contributed by atoms with Gasteiger partial charge in [-0.15, -0.1) is 0 Å². The maximum atomic E-state index is 10.7. The van der Waals surface area contributed by atoms with E-state index in [1.165, 1.54) is 0 Å². The molecule has 3 unspecified atom stereocenters.